The Morgan fingerprint density at radius 3 is 2.48 bits per heavy atom. The Morgan fingerprint density at radius 1 is 1.19 bits per heavy atom. The highest BCUT2D eigenvalue weighted by atomic mass is 19.4. The minimum atomic E-state index is -4.65. The van der Waals surface area contributed by atoms with Crippen LogP contribution in [0.3, 0.4) is 0 Å². The second-order valence-corrected chi connectivity index (χ2v) is 10.2. The van der Waals surface area contributed by atoms with E-state index in [1.54, 1.807) is 12.1 Å². The van der Waals surface area contributed by atoms with Crippen molar-refractivity contribution in [1.29, 1.82) is 5.26 Å². The number of likely N-dealkylation sites (N-methyl/N-ethyl adjacent to an activating group) is 1. The molecule has 2 heterocycles. The average Bonchev–Trinajstić information content (AvgIpc) is 3.32. The van der Waals surface area contributed by atoms with Gasteiger partial charge in [-0.3, -0.25) is 4.90 Å². The zero-order chi connectivity index (χ0) is 30.8. The summed E-state index contributed by atoms with van der Waals surface area (Å²) in [5.41, 5.74) is -0.234. The molecule has 0 amide bonds. The highest BCUT2D eigenvalue weighted by molar-refractivity contribution is 5.93. The topological polar surface area (TPSA) is 144 Å². The summed E-state index contributed by atoms with van der Waals surface area (Å²) < 4.78 is 47.2. The first-order valence-corrected chi connectivity index (χ1v) is 12.9. The third kappa shape index (κ3) is 5.67. The molecule has 4 rings (SSSR count). The molecule has 0 spiro atoms. The van der Waals surface area contributed by atoms with Gasteiger partial charge in [-0.1, -0.05) is 12.1 Å². The first kappa shape index (κ1) is 30.5. The van der Waals surface area contributed by atoms with Gasteiger partial charge in [-0.2, -0.15) is 18.4 Å². The molecule has 1 unspecified atom stereocenters. The largest absolute Gasteiger partial charge is 0.466 e. The summed E-state index contributed by atoms with van der Waals surface area (Å²) in [5.74, 6) is -0.890. The van der Waals surface area contributed by atoms with Crippen molar-refractivity contribution in [3.63, 3.8) is 0 Å². The van der Waals surface area contributed by atoms with E-state index in [1.165, 1.54) is 30.0 Å². The third-order valence-corrected chi connectivity index (χ3v) is 7.38. The van der Waals surface area contributed by atoms with Gasteiger partial charge in [0.25, 0.3) is 0 Å². The van der Waals surface area contributed by atoms with E-state index in [0.29, 0.717) is 16.7 Å². The number of methoxy groups -OCH3 is 1. The lowest BCUT2D eigenvalue weighted by atomic mass is 9.89. The van der Waals surface area contributed by atoms with E-state index in [1.807, 2.05) is 7.05 Å². The molecule has 1 aromatic heterocycles. The fourth-order valence-electron chi connectivity index (χ4n) is 5.32. The Morgan fingerprint density at radius 2 is 1.88 bits per heavy atom. The highest BCUT2D eigenvalue weighted by Gasteiger charge is 2.41. The average molecular weight is 588 g/mol. The Hall–Kier alpha value is -4.45. The van der Waals surface area contributed by atoms with Gasteiger partial charge in [-0.15, -0.1) is 5.10 Å². The second-order valence-electron chi connectivity index (χ2n) is 10.2. The maximum absolute atomic E-state index is 13.6. The number of aromatic amines is 1. The summed E-state index contributed by atoms with van der Waals surface area (Å²) >= 11 is 0. The summed E-state index contributed by atoms with van der Waals surface area (Å²) in [5, 5.41) is 35.5. The predicted molar refractivity (Wildman–Crippen MR) is 144 cm³/mol. The van der Waals surface area contributed by atoms with Crippen LogP contribution in [0.25, 0.3) is 0 Å². The quantitative estimate of drug-likeness (QED) is 0.256. The summed E-state index contributed by atoms with van der Waals surface area (Å²) in [6.07, 6.45) is -4.65. The van der Waals surface area contributed by atoms with Gasteiger partial charge >= 0.3 is 17.8 Å². The number of anilines is 2. The van der Waals surface area contributed by atoms with Crippen molar-refractivity contribution in [2.75, 3.05) is 45.4 Å². The van der Waals surface area contributed by atoms with Crippen molar-refractivity contribution in [3.8, 4) is 6.07 Å². The number of aromatic nitrogens is 3. The van der Waals surface area contributed by atoms with Crippen LogP contribution in [-0.2, 0) is 22.3 Å². The highest BCUT2D eigenvalue weighted by Crippen LogP contribution is 2.43. The number of hydrogen-bond donors (Lipinski definition) is 3. The number of esters is 1. The van der Waals surface area contributed by atoms with Gasteiger partial charge in [-0.25, -0.2) is 19.3 Å². The van der Waals surface area contributed by atoms with Gasteiger partial charge in [0.1, 0.15) is 25.7 Å². The fourth-order valence-corrected chi connectivity index (χ4v) is 5.32. The molecule has 0 aliphatic carbocycles. The first-order chi connectivity index (χ1) is 19.9. The van der Waals surface area contributed by atoms with Crippen LogP contribution in [0.5, 0.6) is 0 Å². The van der Waals surface area contributed by atoms with E-state index in [9.17, 15) is 38.2 Å². The number of nitrogens with one attached hydrogen (secondary N) is 1. The minimum Gasteiger partial charge on any atom is -0.466 e. The second kappa shape index (κ2) is 11.8. The Balaban J connectivity index is 2.01. The number of aliphatic hydroxyl groups is 2. The molecule has 222 valence electrons. The molecule has 42 heavy (non-hydrogen) atoms. The van der Waals surface area contributed by atoms with E-state index in [2.05, 4.69) is 16.3 Å². The molecular formula is C28H30F3N6O5+. The molecule has 14 heteroatoms. The molecule has 0 radical (unpaired) electrons. The number of rotatable bonds is 9. The van der Waals surface area contributed by atoms with Crippen molar-refractivity contribution >= 4 is 17.6 Å². The number of nitriles is 1. The van der Waals surface area contributed by atoms with Crippen LogP contribution in [0, 0.1) is 11.3 Å². The number of nitrogens with zero attached hydrogens (tertiary/aromatic N) is 5. The number of fused-ring (bicyclic) bond motifs is 1. The molecular weight excluding hydrogens is 557 g/mol. The molecule has 2 aromatic carbocycles. The van der Waals surface area contributed by atoms with E-state index in [0.717, 1.165) is 23.8 Å². The number of aliphatic hydroxyl groups excluding tert-OH is 2. The van der Waals surface area contributed by atoms with Crippen LogP contribution in [0.1, 0.15) is 35.2 Å². The van der Waals surface area contributed by atoms with Crippen LogP contribution in [-0.4, -0.2) is 75.9 Å². The standard InChI is InChI=1S/C28H29F3N6O5/c1-17-23(25(40)42-3)24(22-8-7-18(15-32)13-19(22)16-37(2,9-11-38)10-12-39)36-26(33-34-27(36)41)35(17)21-6-4-5-20(14-21)28(29,30)31/h4-8,13-14,24,38-39H,9-12,16H2,1-3H3/p+1. The summed E-state index contributed by atoms with van der Waals surface area (Å²) in [7, 11) is 2.96. The molecule has 0 bridgehead atoms. The number of allylic oxidation sites excluding steroid dienone is 1. The van der Waals surface area contributed by atoms with Crippen molar-refractivity contribution in [1.82, 2.24) is 14.8 Å². The van der Waals surface area contributed by atoms with Gasteiger partial charge in [0.2, 0.25) is 5.95 Å². The number of hydrogen-bond acceptors (Lipinski definition) is 8. The molecule has 0 fully saturated rings. The zero-order valence-corrected chi connectivity index (χ0v) is 23.1. The summed E-state index contributed by atoms with van der Waals surface area (Å²) in [4.78, 5) is 27.9. The van der Waals surface area contributed by atoms with Gasteiger partial charge in [0.05, 0.1) is 50.1 Å². The van der Waals surface area contributed by atoms with Crippen LogP contribution >= 0.6 is 0 Å². The van der Waals surface area contributed by atoms with Crippen molar-refractivity contribution in [2.45, 2.75) is 25.7 Å². The minimum absolute atomic E-state index is 0.0117. The normalized spacial score (nSPS) is 15.4. The molecule has 0 saturated carbocycles. The lowest BCUT2D eigenvalue weighted by molar-refractivity contribution is -0.923. The fraction of sp³-hybridized carbons (Fsp3) is 0.357. The van der Waals surface area contributed by atoms with Crippen molar-refractivity contribution in [3.05, 3.63) is 86.5 Å². The molecule has 3 aromatic rings. The summed E-state index contributed by atoms with van der Waals surface area (Å²) in [6.45, 7) is 1.88. The number of alkyl halides is 3. The number of carbonyl (C=O) groups is 1. The maximum atomic E-state index is 13.6. The lowest BCUT2D eigenvalue weighted by Crippen LogP contribution is -2.47. The van der Waals surface area contributed by atoms with Gasteiger partial charge in [-0.05, 0) is 42.8 Å². The number of ether oxygens (including phenoxy) is 1. The monoisotopic (exact) mass is 587 g/mol. The summed E-state index contributed by atoms with van der Waals surface area (Å²) in [6, 6.07) is 10.1. The number of H-pyrrole nitrogens is 1. The molecule has 1 aliphatic rings. The predicted octanol–water partition coefficient (Wildman–Crippen LogP) is 2.58. The van der Waals surface area contributed by atoms with Crippen LogP contribution < -0.4 is 10.6 Å². The van der Waals surface area contributed by atoms with Crippen LogP contribution in [0.2, 0.25) is 0 Å². The Bertz CT molecular complexity index is 1610. The number of quaternary nitrogens is 1. The van der Waals surface area contributed by atoms with Crippen molar-refractivity contribution in [2.24, 2.45) is 0 Å². The number of benzene rings is 2. The SMILES string of the molecule is COC(=O)C1=C(C)N(c2cccc(C(F)(F)F)c2)c2n[nH]c(=O)n2C1c1ccc(C#N)cc1C[N+](C)(CCO)CCO. The van der Waals surface area contributed by atoms with E-state index >= 15 is 0 Å². The lowest BCUT2D eigenvalue weighted by Gasteiger charge is -2.38. The molecule has 11 nitrogen and oxygen atoms in total. The van der Waals surface area contributed by atoms with Gasteiger partial charge in [0, 0.05) is 16.9 Å². The van der Waals surface area contributed by atoms with Crippen LogP contribution in [0.4, 0.5) is 24.8 Å². The van der Waals surface area contributed by atoms with Gasteiger partial charge < -0.3 is 19.4 Å². The molecule has 1 atom stereocenters. The number of halogens is 3. The molecule has 1 aliphatic heterocycles. The first-order valence-electron chi connectivity index (χ1n) is 12.9. The Labute approximate surface area is 238 Å². The molecule has 0 saturated heterocycles. The van der Waals surface area contributed by atoms with Gasteiger partial charge in [0.15, 0.2) is 0 Å². The Kier molecular flexibility index (Phi) is 8.58. The smallest absolute Gasteiger partial charge is 0.416 e. The maximum Gasteiger partial charge on any atom is 0.416 e. The van der Waals surface area contributed by atoms with Crippen LogP contribution in [0.15, 0.2) is 58.5 Å². The van der Waals surface area contributed by atoms with E-state index < -0.39 is 29.4 Å². The van der Waals surface area contributed by atoms with E-state index in [-0.39, 0.29) is 60.2 Å². The third-order valence-electron chi connectivity index (χ3n) is 7.38. The molecule has 3 N–H and O–H groups in total. The zero-order valence-electron chi connectivity index (χ0n) is 23.1. The van der Waals surface area contributed by atoms with E-state index in [4.69, 9.17) is 4.74 Å². The number of carbonyl (C=O) groups excluding carboxylic acids is 1. The van der Waals surface area contributed by atoms with Crippen molar-refractivity contribution < 1.29 is 37.4 Å².